The first-order chi connectivity index (χ1) is 3.85. The highest BCUT2D eigenvalue weighted by Gasteiger charge is 1.86. The third-order valence-electron chi connectivity index (χ3n) is 0.876. The first-order valence-electron chi connectivity index (χ1n) is 2.60. The molecule has 0 spiro atoms. The molecule has 0 atom stereocenters. The Morgan fingerprint density at radius 2 is 2.38 bits per heavy atom. The second-order valence-electron chi connectivity index (χ2n) is 1.33. The number of amidine groups is 1. The van der Waals surface area contributed by atoms with Gasteiger partial charge in [0.2, 0.25) is 0 Å². The van der Waals surface area contributed by atoms with Gasteiger partial charge >= 0.3 is 0 Å². The van der Waals surface area contributed by atoms with Crippen molar-refractivity contribution in [2.45, 2.75) is 13.3 Å². The van der Waals surface area contributed by atoms with Gasteiger partial charge in [-0.05, 0) is 0 Å². The summed E-state index contributed by atoms with van der Waals surface area (Å²) in [7, 11) is 1.80. The molecule has 0 rings (SSSR count). The monoisotopic (exact) mass is 226 g/mol. The van der Waals surface area contributed by atoms with Crippen LogP contribution >= 0.6 is 22.6 Å². The Balaban J connectivity index is 3.38. The molecule has 0 unspecified atom stereocenters. The smallest absolute Gasteiger partial charge is 0.0962 e. The number of nitrogens with one attached hydrogen (secondary N) is 1. The minimum atomic E-state index is 0.943. The van der Waals surface area contributed by atoms with E-state index in [2.05, 4.69) is 39.8 Å². The van der Waals surface area contributed by atoms with Gasteiger partial charge in [-0.25, -0.2) is 0 Å². The Bertz CT molecular complexity index is 80.5. The number of hydrogen-bond acceptors (Lipinski definition) is 1. The topological polar surface area (TPSA) is 24.4 Å². The van der Waals surface area contributed by atoms with Crippen molar-refractivity contribution in [1.82, 2.24) is 5.32 Å². The predicted octanol–water partition coefficient (Wildman–Crippen LogP) is 1.41. The third-order valence-corrected chi connectivity index (χ3v) is 1.26. The summed E-state index contributed by atoms with van der Waals surface area (Å²) in [4.78, 5) is 4.00. The number of rotatable bonds is 2. The van der Waals surface area contributed by atoms with E-state index in [1.807, 2.05) is 0 Å². The SMILES string of the molecule is CC/C(=N/C)NCI. The number of halogens is 1. The van der Waals surface area contributed by atoms with Crippen LogP contribution in [0.2, 0.25) is 0 Å². The molecule has 0 saturated carbocycles. The summed E-state index contributed by atoms with van der Waals surface area (Å²) >= 11 is 2.26. The summed E-state index contributed by atoms with van der Waals surface area (Å²) in [6.07, 6.45) is 1.000. The van der Waals surface area contributed by atoms with E-state index in [0.717, 1.165) is 16.8 Å². The van der Waals surface area contributed by atoms with Crippen LogP contribution in [0.3, 0.4) is 0 Å². The largest absolute Gasteiger partial charge is 0.365 e. The van der Waals surface area contributed by atoms with E-state index >= 15 is 0 Å². The quantitative estimate of drug-likeness (QED) is 0.248. The van der Waals surface area contributed by atoms with Crippen molar-refractivity contribution < 1.29 is 0 Å². The average molecular weight is 226 g/mol. The van der Waals surface area contributed by atoms with Crippen molar-refractivity contribution in [3.8, 4) is 0 Å². The molecule has 0 aromatic heterocycles. The highest BCUT2D eigenvalue weighted by Crippen LogP contribution is 1.81. The molecular formula is C5H11IN2. The van der Waals surface area contributed by atoms with Gasteiger partial charge in [-0.2, -0.15) is 0 Å². The molecule has 0 bridgehead atoms. The molecule has 0 aliphatic carbocycles. The third kappa shape index (κ3) is 3.23. The maximum Gasteiger partial charge on any atom is 0.0962 e. The molecule has 48 valence electrons. The minimum absolute atomic E-state index is 0.943. The molecule has 0 amide bonds. The van der Waals surface area contributed by atoms with Crippen LogP contribution in [-0.4, -0.2) is 17.4 Å². The number of aliphatic imine (C=N–C) groups is 1. The van der Waals surface area contributed by atoms with E-state index in [9.17, 15) is 0 Å². The Labute approximate surface area is 63.9 Å². The van der Waals surface area contributed by atoms with Gasteiger partial charge in [0.05, 0.1) is 10.4 Å². The van der Waals surface area contributed by atoms with Crippen LogP contribution in [0.5, 0.6) is 0 Å². The van der Waals surface area contributed by atoms with Crippen LogP contribution in [0.25, 0.3) is 0 Å². The van der Waals surface area contributed by atoms with Gasteiger partial charge in [0.15, 0.2) is 0 Å². The van der Waals surface area contributed by atoms with Gasteiger partial charge in [-0.3, -0.25) is 4.99 Å². The molecule has 2 nitrogen and oxygen atoms in total. The molecular weight excluding hydrogens is 215 g/mol. The molecule has 0 aromatic carbocycles. The van der Waals surface area contributed by atoms with E-state index in [0.29, 0.717) is 0 Å². The Morgan fingerprint density at radius 3 is 2.50 bits per heavy atom. The molecule has 3 heteroatoms. The molecule has 0 aromatic rings. The molecule has 0 heterocycles. The van der Waals surface area contributed by atoms with Gasteiger partial charge in [0.25, 0.3) is 0 Å². The lowest BCUT2D eigenvalue weighted by Crippen LogP contribution is -2.19. The maximum atomic E-state index is 4.00. The second kappa shape index (κ2) is 5.34. The van der Waals surface area contributed by atoms with Gasteiger partial charge in [0, 0.05) is 13.5 Å². The average Bonchev–Trinajstić information content (AvgIpc) is 1.83. The molecule has 8 heavy (non-hydrogen) atoms. The maximum absolute atomic E-state index is 4.00. The van der Waals surface area contributed by atoms with Crippen LogP contribution < -0.4 is 5.32 Å². The van der Waals surface area contributed by atoms with E-state index < -0.39 is 0 Å². The first-order valence-corrected chi connectivity index (χ1v) is 4.13. The number of alkyl halides is 1. The molecule has 1 N–H and O–H groups in total. The Morgan fingerprint density at radius 1 is 1.75 bits per heavy atom. The Kier molecular flexibility index (Phi) is 5.47. The number of nitrogens with zero attached hydrogens (tertiary/aromatic N) is 1. The summed E-state index contributed by atoms with van der Waals surface area (Å²) < 4.78 is 0.943. The van der Waals surface area contributed by atoms with Crippen LogP contribution in [0, 0.1) is 0 Å². The van der Waals surface area contributed by atoms with Gasteiger partial charge in [-0.1, -0.05) is 29.5 Å². The fraction of sp³-hybridized carbons (Fsp3) is 0.800. The van der Waals surface area contributed by atoms with Crippen molar-refractivity contribution in [3.05, 3.63) is 0 Å². The van der Waals surface area contributed by atoms with E-state index in [1.165, 1.54) is 0 Å². The van der Waals surface area contributed by atoms with E-state index in [4.69, 9.17) is 0 Å². The van der Waals surface area contributed by atoms with Crippen LogP contribution in [-0.2, 0) is 0 Å². The normalized spacial score (nSPS) is 11.6. The van der Waals surface area contributed by atoms with Gasteiger partial charge in [0.1, 0.15) is 0 Å². The summed E-state index contributed by atoms with van der Waals surface area (Å²) in [5.74, 6) is 1.08. The van der Waals surface area contributed by atoms with Gasteiger partial charge < -0.3 is 5.32 Å². The molecule has 0 fully saturated rings. The molecule has 0 aliphatic heterocycles. The summed E-state index contributed by atoms with van der Waals surface area (Å²) in [5, 5.41) is 3.12. The minimum Gasteiger partial charge on any atom is -0.365 e. The zero-order chi connectivity index (χ0) is 6.41. The predicted molar refractivity (Wildman–Crippen MR) is 45.7 cm³/mol. The number of hydrogen-bond donors (Lipinski definition) is 1. The summed E-state index contributed by atoms with van der Waals surface area (Å²) in [5.41, 5.74) is 0. The van der Waals surface area contributed by atoms with Gasteiger partial charge in [-0.15, -0.1) is 0 Å². The first kappa shape index (κ1) is 8.20. The lowest BCUT2D eigenvalue weighted by molar-refractivity contribution is 1.06. The fourth-order valence-electron chi connectivity index (χ4n) is 0.439. The van der Waals surface area contributed by atoms with Crippen LogP contribution in [0.1, 0.15) is 13.3 Å². The lowest BCUT2D eigenvalue weighted by Gasteiger charge is -2.00. The summed E-state index contributed by atoms with van der Waals surface area (Å²) in [6.45, 7) is 2.08. The zero-order valence-electron chi connectivity index (χ0n) is 5.24. The lowest BCUT2D eigenvalue weighted by atomic mass is 10.4. The highest BCUT2D eigenvalue weighted by atomic mass is 127. The van der Waals surface area contributed by atoms with Crippen molar-refractivity contribution in [2.24, 2.45) is 4.99 Å². The Hall–Kier alpha value is 0.200. The zero-order valence-corrected chi connectivity index (χ0v) is 7.40. The molecule has 0 aliphatic rings. The molecule has 0 radical (unpaired) electrons. The van der Waals surface area contributed by atoms with E-state index in [-0.39, 0.29) is 0 Å². The highest BCUT2D eigenvalue weighted by molar-refractivity contribution is 14.1. The van der Waals surface area contributed by atoms with Crippen LogP contribution in [0.15, 0.2) is 4.99 Å². The van der Waals surface area contributed by atoms with Crippen LogP contribution in [0.4, 0.5) is 0 Å². The van der Waals surface area contributed by atoms with Crippen molar-refractivity contribution in [1.29, 1.82) is 0 Å². The van der Waals surface area contributed by atoms with Crippen molar-refractivity contribution >= 4 is 28.4 Å². The van der Waals surface area contributed by atoms with Crippen molar-refractivity contribution in [3.63, 3.8) is 0 Å². The van der Waals surface area contributed by atoms with Crippen molar-refractivity contribution in [2.75, 3.05) is 11.6 Å². The standard InChI is InChI=1S/C5H11IN2/c1-3-5(7-2)8-4-6/h3-4H2,1-2H3,(H,7,8). The van der Waals surface area contributed by atoms with E-state index in [1.54, 1.807) is 7.05 Å². The molecule has 0 saturated heterocycles. The fourth-order valence-corrected chi connectivity index (χ4v) is 0.880. The second-order valence-corrected chi connectivity index (χ2v) is 2.10. The summed E-state index contributed by atoms with van der Waals surface area (Å²) in [6, 6.07) is 0.